The second-order valence-corrected chi connectivity index (χ2v) is 3.69. The molecule has 0 saturated heterocycles. The van der Waals surface area contributed by atoms with Crippen LogP contribution in [0.5, 0.6) is 5.75 Å². The molecule has 1 atom stereocenters. The van der Waals surface area contributed by atoms with Crippen molar-refractivity contribution in [2.45, 2.75) is 19.3 Å². The second kappa shape index (κ2) is 5.12. The largest absolute Gasteiger partial charge is 0.496 e. The zero-order valence-electron chi connectivity index (χ0n) is 8.59. The summed E-state index contributed by atoms with van der Waals surface area (Å²) >= 11 is 5.67. The Hall–Kier alpha value is -1.09. The first kappa shape index (κ1) is 12.0. The maximum atomic E-state index is 13.7. The molecule has 0 radical (unpaired) electrons. The summed E-state index contributed by atoms with van der Waals surface area (Å²) in [7, 11) is 1.46. The molecule has 0 amide bonds. The van der Waals surface area contributed by atoms with Crippen molar-refractivity contribution in [3.8, 4) is 5.75 Å². The van der Waals surface area contributed by atoms with Crippen molar-refractivity contribution in [3.63, 3.8) is 0 Å². The van der Waals surface area contributed by atoms with E-state index < -0.39 is 5.82 Å². The predicted molar refractivity (Wildman–Crippen MR) is 57.1 cm³/mol. The van der Waals surface area contributed by atoms with Crippen molar-refractivity contribution >= 4 is 17.9 Å². The molecule has 0 saturated carbocycles. The van der Waals surface area contributed by atoms with Gasteiger partial charge < -0.3 is 9.53 Å². The first-order chi connectivity index (χ1) is 7.11. The number of hydrogen-bond donors (Lipinski definition) is 0. The van der Waals surface area contributed by atoms with Crippen molar-refractivity contribution in [2.75, 3.05) is 7.11 Å². The number of ether oxygens (including phenoxy) is 1. The lowest BCUT2D eigenvalue weighted by atomic mass is 9.97. The van der Waals surface area contributed by atoms with E-state index in [1.807, 2.05) is 0 Å². The van der Waals surface area contributed by atoms with Gasteiger partial charge in [-0.05, 0) is 18.1 Å². The molecule has 0 spiro atoms. The molecule has 0 aliphatic carbocycles. The number of carbonyl (C=O) groups excluding carboxylic acids is 1. The number of methoxy groups -OCH3 is 1. The van der Waals surface area contributed by atoms with Gasteiger partial charge in [0.05, 0.1) is 12.1 Å². The molecule has 82 valence electrons. The van der Waals surface area contributed by atoms with E-state index in [1.54, 1.807) is 13.0 Å². The van der Waals surface area contributed by atoms with Crippen LogP contribution in [-0.4, -0.2) is 13.4 Å². The van der Waals surface area contributed by atoms with Gasteiger partial charge in [0.1, 0.15) is 17.9 Å². The van der Waals surface area contributed by atoms with E-state index in [2.05, 4.69) is 0 Å². The second-order valence-electron chi connectivity index (χ2n) is 3.28. The first-order valence-corrected chi connectivity index (χ1v) is 4.95. The molecule has 1 aromatic carbocycles. The molecule has 0 heterocycles. The zero-order valence-corrected chi connectivity index (χ0v) is 9.34. The normalized spacial score (nSPS) is 12.3. The van der Waals surface area contributed by atoms with Crippen LogP contribution in [-0.2, 0) is 4.79 Å². The van der Waals surface area contributed by atoms with Crippen LogP contribution in [0.25, 0.3) is 0 Å². The SMILES string of the molecule is COc1ccc(Cl)c(F)c1C(C)CC=O. The van der Waals surface area contributed by atoms with Gasteiger partial charge in [0.25, 0.3) is 0 Å². The third-order valence-corrected chi connectivity index (χ3v) is 2.55. The van der Waals surface area contributed by atoms with Crippen molar-refractivity contribution in [3.05, 3.63) is 28.5 Å². The summed E-state index contributed by atoms with van der Waals surface area (Å²) in [6.45, 7) is 1.76. The van der Waals surface area contributed by atoms with E-state index in [1.165, 1.54) is 13.2 Å². The molecule has 15 heavy (non-hydrogen) atoms. The first-order valence-electron chi connectivity index (χ1n) is 4.57. The van der Waals surface area contributed by atoms with Gasteiger partial charge in [-0.15, -0.1) is 0 Å². The maximum Gasteiger partial charge on any atom is 0.148 e. The highest BCUT2D eigenvalue weighted by Gasteiger charge is 2.18. The Labute approximate surface area is 93.0 Å². The Bertz CT molecular complexity index is 366. The molecule has 0 aliphatic heterocycles. The summed E-state index contributed by atoms with van der Waals surface area (Å²) in [5.41, 5.74) is 0.358. The minimum Gasteiger partial charge on any atom is -0.496 e. The Morgan fingerprint density at radius 3 is 2.80 bits per heavy atom. The van der Waals surface area contributed by atoms with Crippen molar-refractivity contribution < 1.29 is 13.9 Å². The molecular formula is C11H12ClFO2. The number of halogens is 2. The Balaban J connectivity index is 3.22. The average Bonchev–Trinajstić information content (AvgIpc) is 2.22. The van der Waals surface area contributed by atoms with Crippen LogP contribution in [0.3, 0.4) is 0 Å². The fourth-order valence-electron chi connectivity index (χ4n) is 1.45. The third-order valence-electron chi connectivity index (χ3n) is 2.26. The van der Waals surface area contributed by atoms with Gasteiger partial charge in [0.15, 0.2) is 0 Å². The van der Waals surface area contributed by atoms with E-state index in [0.29, 0.717) is 11.3 Å². The molecule has 0 fully saturated rings. The van der Waals surface area contributed by atoms with Gasteiger partial charge in [0, 0.05) is 12.0 Å². The Kier molecular flexibility index (Phi) is 4.09. The van der Waals surface area contributed by atoms with E-state index in [9.17, 15) is 9.18 Å². The van der Waals surface area contributed by atoms with E-state index in [-0.39, 0.29) is 17.4 Å². The van der Waals surface area contributed by atoms with Crippen LogP contribution in [0.15, 0.2) is 12.1 Å². The summed E-state index contributed by atoms with van der Waals surface area (Å²) in [6, 6.07) is 3.04. The fraction of sp³-hybridized carbons (Fsp3) is 0.364. The minimum absolute atomic E-state index is 0.0450. The predicted octanol–water partition coefficient (Wildman–Crippen LogP) is 3.18. The van der Waals surface area contributed by atoms with Crippen LogP contribution in [0.4, 0.5) is 4.39 Å². The highest BCUT2D eigenvalue weighted by Crippen LogP contribution is 2.34. The highest BCUT2D eigenvalue weighted by molar-refractivity contribution is 6.30. The standard InChI is InChI=1S/C11H12ClFO2/c1-7(5-6-14)10-9(15-2)4-3-8(12)11(10)13/h3-4,6-7H,5H2,1-2H3. The number of carbonyl (C=O) groups is 1. The molecule has 0 N–H and O–H groups in total. The van der Waals surface area contributed by atoms with Crippen LogP contribution < -0.4 is 4.74 Å². The zero-order chi connectivity index (χ0) is 11.4. The molecule has 0 aromatic heterocycles. The summed E-state index contributed by atoms with van der Waals surface area (Å²) in [6.07, 6.45) is 0.998. The Morgan fingerprint density at radius 2 is 2.27 bits per heavy atom. The van der Waals surface area contributed by atoms with E-state index in [0.717, 1.165) is 6.29 Å². The maximum absolute atomic E-state index is 13.7. The van der Waals surface area contributed by atoms with Gasteiger partial charge in [-0.1, -0.05) is 18.5 Å². The third kappa shape index (κ3) is 2.48. The average molecular weight is 231 g/mol. The summed E-state index contributed by atoms with van der Waals surface area (Å²) in [5, 5.41) is 0.0450. The van der Waals surface area contributed by atoms with Gasteiger partial charge in [-0.2, -0.15) is 0 Å². The topological polar surface area (TPSA) is 26.3 Å². The minimum atomic E-state index is -0.509. The van der Waals surface area contributed by atoms with Crippen molar-refractivity contribution in [1.82, 2.24) is 0 Å². The molecular weight excluding hydrogens is 219 g/mol. The monoisotopic (exact) mass is 230 g/mol. The summed E-state index contributed by atoms with van der Waals surface area (Å²) in [5.74, 6) is -0.326. The molecule has 1 rings (SSSR count). The lowest BCUT2D eigenvalue weighted by Crippen LogP contribution is -2.02. The van der Waals surface area contributed by atoms with Gasteiger partial charge in [0.2, 0.25) is 0 Å². The summed E-state index contributed by atoms with van der Waals surface area (Å²) < 4.78 is 18.7. The highest BCUT2D eigenvalue weighted by atomic mass is 35.5. The fourth-order valence-corrected chi connectivity index (χ4v) is 1.61. The van der Waals surface area contributed by atoms with E-state index in [4.69, 9.17) is 16.3 Å². The molecule has 4 heteroatoms. The van der Waals surface area contributed by atoms with Gasteiger partial charge in [-0.3, -0.25) is 0 Å². The summed E-state index contributed by atoms with van der Waals surface area (Å²) in [4.78, 5) is 10.4. The molecule has 2 nitrogen and oxygen atoms in total. The molecule has 1 unspecified atom stereocenters. The Morgan fingerprint density at radius 1 is 1.60 bits per heavy atom. The van der Waals surface area contributed by atoms with E-state index >= 15 is 0 Å². The molecule has 1 aromatic rings. The van der Waals surface area contributed by atoms with Crippen LogP contribution >= 0.6 is 11.6 Å². The smallest absolute Gasteiger partial charge is 0.148 e. The lowest BCUT2D eigenvalue weighted by molar-refractivity contribution is -0.108. The quantitative estimate of drug-likeness (QED) is 0.743. The molecule has 0 aliphatic rings. The molecule has 0 bridgehead atoms. The van der Waals surface area contributed by atoms with Crippen molar-refractivity contribution in [1.29, 1.82) is 0 Å². The number of rotatable bonds is 4. The lowest BCUT2D eigenvalue weighted by Gasteiger charge is -2.15. The van der Waals surface area contributed by atoms with Gasteiger partial charge >= 0.3 is 0 Å². The number of benzene rings is 1. The van der Waals surface area contributed by atoms with Crippen LogP contribution in [0, 0.1) is 5.82 Å². The van der Waals surface area contributed by atoms with Crippen LogP contribution in [0.1, 0.15) is 24.8 Å². The van der Waals surface area contributed by atoms with Crippen LogP contribution in [0.2, 0.25) is 5.02 Å². The van der Waals surface area contributed by atoms with Gasteiger partial charge in [-0.25, -0.2) is 4.39 Å². The number of hydrogen-bond acceptors (Lipinski definition) is 2. The number of aldehydes is 1. The van der Waals surface area contributed by atoms with Crippen molar-refractivity contribution in [2.24, 2.45) is 0 Å².